The highest BCUT2D eigenvalue weighted by atomic mass is 35.5. The normalized spacial score (nSPS) is 16.5. The Balaban J connectivity index is 2.04. The molecule has 7 heteroatoms. The van der Waals surface area contributed by atoms with Gasteiger partial charge in [0, 0.05) is 16.3 Å². The number of unbranched alkanes of at least 4 members (excludes halogenated alkanes) is 1. The molecule has 0 amide bonds. The lowest BCUT2D eigenvalue weighted by molar-refractivity contribution is -0.139. The van der Waals surface area contributed by atoms with Crippen LogP contribution < -0.4 is 5.32 Å². The quantitative estimate of drug-likeness (QED) is 0.662. The Morgan fingerprint density at radius 2 is 2.21 bits per heavy atom. The van der Waals surface area contributed by atoms with E-state index in [0.717, 1.165) is 18.4 Å². The maximum absolute atomic E-state index is 12.7. The molecule has 0 aliphatic carbocycles. The molecule has 1 aliphatic heterocycles. The molecule has 0 unspecified atom stereocenters. The minimum atomic E-state index is -0.466. The van der Waals surface area contributed by atoms with Gasteiger partial charge in [-0.3, -0.25) is 0 Å². The van der Waals surface area contributed by atoms with Gasteiger partial charge in [0.2, 0.25) is 5.95 Å². The van der Waals surface area contributed by atoms with Crippen LogP contribution in [0.3, 0.4) is 0 Å². The van der Waals surface area contributed by atoms with Crippen molar-refractivity contribution >= 4 is 23.5 Å². The van der Waals surface area contributed by atoms with Crippen LogP contribution in [0, 0.1) is 0 Å². The Morgan fingerprint density at radius 3 is 2.96 bits per heavy atom. The molecule has 1 aliphatic rings. The zero-order valence-electron chi connectivity index (χ0n) is 13.6. The van der Waals surface area contributed by atoms with E-state index in [1.807, 2.05) is 25.1 Å². The van der Waals surface area contributed by atoms with E-state index in [9.17, 15) is 4.79 Å². The van der Waals surface area contributed by atoms with Crippen LogP contribution in [0.15, 0.2) is 41.9 Å². The maximum Gasteiger partial charge on any atom is 0.338 e. The Labute approximate surface area is 145 Å². The molecule has 2 heterocycles. The Morgan fingerprint density at radius 1 is 1.42 bits per heavy atom. The number of carbonyl (C=O) groups is 1. The molecule has 0 saturated carbocycles. The number of halogens is 1. The van der Waals surface area contributed by atoms with Gasteiger partial charge in [-0.2, -0.15) is 10.1 Å². The number of nitrogens with one attached hydrogen (secondary N) is 1. The van der Waals surface area contributed by atoms with E-state index in [2.05, 4.69) is 22.3 Å². The van der Waals surface area contributed by atoms with E-state index < -0.39 is 6.04 Å². The summed E-state index contributed by atoms with van der Waals surface area (Å²) in [7, 11) is 0. The van der Waals surface area contributed by atoms with E-state index in [-0.39, 0.29) is 5.97 Å². The lowest BCUT2D eigenvalue weighted by atomic mass is 9.96. The van der Waals surface area contributed by atoms with Crippen LogP contribution in [-0.2, 0) is 9.53 Å². The molecule has 6 nitrogen and oxygen atoms in total. The number of allylic oxidation sites excluding steroid dienone is 1. The fraction of sp³-hybridized carbons (Fsp3) is 0.353. The predicted octanol–water partition coefficient (Wildman–Crippen LogP) is 3.56. The van der Waals surface area contributed by atoms with Crippen molar-refractivity contribution in [2.24, 2.45) is 0 Å². The van der Waals surface area contributed by atoms with Crippen molar-refractivity contribution in [3.05, 3.63) is 52.4 Å². The van der Waals surface area contributed by atoms with E-state index in [1.165, 1.54) is 6.33 Å². The molecule has 0 radical (unpaired) electrons. The summed E-state index contributed by atoms with van der Waals surface area (Å²) < 4.78 is 7.09. The molecule has 1 aromatic heterocycles. The molecule has 24 heavy (non-hydrogen) atoms. The number of esters is 1. The number of hydrogen-bond donors (Lipinski definition) is 1. The minimum absolute atomic E-state index is 0.362. The van der Waals surface area contributed by atoms with Crippen molar-refractivity contribution in [1.82, 2.24) is 14.8 Å². The van der Waals surface area contributed by atoms with Crippen molar-refractivity contribution in [2.75, 3.05) is 11.9 Å². The first-order valence-corrected chi connectivity index (χ1v) is 8.30. The summed E-state index contributed by atoms with van der Waals surface area (Å²) >= 11 is 6.38. The second-order valence-corrected chi connectivity index (χ2v) is 6.01. The second kappa shape index (κ2) is 7.05. The number of anilines is 1. The van der Waals surface area contributed by atoms with Gasteiger partial charge in [-0.1, -0.05) is 43.1 Å². The van der Waals surface area contributed by atoms with Crippen molar-refractivity contribution in [1.29, 1.82) is 0 Å². The summed E-state index contributed by atoms with van der Waals surface area (Å²) in [6, 6.07) is 6.95. The van der Waals surface area contributed by atoms with Crippen molar-refractivity contribution < 1.29 is 9.53 Å². The average molecular weight is 347 g/mol. The summed E-state index contributed by atoms with van der Waals surface area (Å²) in [6.45, 7) is 4.28. The van der Waals surface area contributed by atoms with Gasteiger partial charge in [0.15, 0.2) is 0 Å². The van der Waals surface area contributed by atoms with E-state index in [1.54, 1.807) is 10.7 Å². The molecular formula is C17H19ClN4O2. The third-order valence-electron chi connectivity index (χ3n) is 3.95. The first-order valence-electron chi connectivity index (χ1n) is 7.92. The van der Waals surface area contributed by atoms with Crippen molar-refractivity contribution in [3.8, 4) is 0 Å². The number of aromatic nitrogens is 3. The molecule has 1 N–H and O–H groups in total. The SMILES string of the molecule is CCCCOC(=O)C1=C(C)Nc2ncnn2[C@H]1c1ccccc1Cl. The summed E-state index contributed by atoms with van der Waals surface area (Å²) in [6.07, 6.45) is 3.24. The maximum atomic E-state index is 12.7. The Kier molecular flexibility index (Phi) is 4.85. The molecule has 0 fully saturated rings. The predicted molar refractivity (Wildman–Crippen MR) is 91.8 cm³/mol. The van der Waals surface area contributed by atoms with Gasteiger partial charge in [0.05, 0.1) is 12.2 Å². The van der Waals surface area contributed by atoms with Crippen LogP contribution in [0.1, 0.15) is 38.3 Å². The zero-order valence-corrected chi connectivity index (χ0v) is 14.4. The number of carbonyl (C=O) groups excluding carboxylic acids is 1. The van der Waals surface area contributed by atoms with Gasteiger partial charge < -0.3 is 10.1 Å². The highest BCUT2D eigenvalue weighted by Crippen LogP contribution is 2.37. The molecule has 126 valence electrons. The lowest BCUT2D eigenvalue weighted by Gasteiger charge is -2.28. The fourth-order valence-electron chi connectivity index (χ4n) is 2.73. The highest BCUT2D eigenvalue weighted by molar-refractivity contribution is 6.31. The number of nitrogens with zero attached hydrogens (tertiary/aromatic N) is 3. The number of benzene rings is 1. The number of ether oxygens (including phenoxy) is 1. The molecule has 0 spiro atoms. The van der Waals surface area contributed by atoms with Crippen molar-refractivity contribution in [3.63, 3.8) is 0 Å². The van der Waals surface area contributed by atoms with Crippen LogP contribution in [0.5, 0.6) is 0 Å². The van der Waals surface area contributed by atoms with Crippen LogP contribution in [0.4, 0.5) is 5.95 Å². The first-order chi connectivity index (χ1) is 11.6. The summed E-state index contributed by atoms with van der Waals surface area (Å²) in [5, 5.41) is 7.93. The number of hydrogen-bond acceptors (Lipinski definition) is 5. The van der Waals surface area contributed by atoms with E-state index in [0.29, 0.717) is 28.8 Å². The van der Waals surface area contributed by atoms with E-state index >= 15 is 0 Å². The smallest absolute Gasteiger partial charge is 0.338 e. The first kappa shape index (κ1) is 16.5. The van der Waals surface area contributed by atoms with Gasteiger partial charge in [0.1, 0.15) is 12.4 Å². The largest absolute Gasteiger partial charge is 0.462 e. The molecule has 2 aromatic rings. The summed E-state index contributed by atoms with van der Waals surface area (Å²) in [4.78, 5) is 16.9. The second-order valence-electron chi connectivity index (χ2n) is 5.61. The van der Waals surface area contributed by atoms with Gasteiger partial charge in [-0.05, 0) is 19.4 Å². The third kappa shape index (κ3) is 3.01. The Bertz CT molecular complexity index is 784. The average Bonchev–Trinajstić information content (AvgIpc) is 3.02. The Hall–Kier alpha value is -2.34. The number of fused-ring (bicyclic) bond motifs is 1. The topological polar surface area (TPSA) is 69.0 Å². The standard InChI is InChI=1S/C17H19ClN4O2/c1-3-4-9-24-16(23)14-11(2)21-17-19-10-20-22(17)15(14)12-7-5-6-8-13(12)18/h5-8,10,15H,3-4,9H2,1-2H3,(H,19,20,21)/t15-/m0/s1. The van der Waals surface area contributed by atoms with Crippen LogP contribution in [-0.4, -0.2) is 27.3 Å². The van der Waals surface area contributed by atoms with Gasteiger partial charge in [-0.25, -0.2) is 9.48 Å². The lowest BCUT2D eigenvalue weighted by Crippen LogP contribution is -2.30. The van der Waals surface area contributed by atoms with Gasteiger partial charge in [0.25, 0.3) is 0 Å². The monoisotopic (exact) mass is 346 g/mol. The molecular weight excluding hydrogens is 328 g/mol. The van der Waals surface area contributed by atoms with Crippen LogP contribution in [0.25, 0.3) is 0 Å². The molecule has 0 bridgehead atoms. The molecule has 3 rings (SSSR count). The highest BCUT2D eigenvalue weighted by Gasteiger charge is 2.35. The van der Waals surface area contributed by atoms with Crippen LogP contribution in [0.2, 0.25) is 5.02 Å². The van der Waals surface area contributed by atoms with Gasteiger partial charge >= 0.3 is 5.97 Å². The summed E-state index contributed by atoms with van der Waals surface area (Å²) in [5.74, 6) is 0.210. The van der Waals surface area contributed by atoms with Crippen molar-refractivity contribution in [2.45, 2.75) is 32.7 Å². The van der Waals surface area contributed by atoms with Crippen LogP contribution >= 0.6 is 11.6 Å². The molecule has 1 atom stereocenters. The van der Waals surface area contributed by atoms with Gasteiger partial charge in [-0.15, -0.1) is 0 Å². The molecule has 0 saturated heterocycles. The summed E-state index contributed by atoms with van der Waals surface area (Å²) in [5.41, 5.74) is 1.98. The molecule has 1 aromatic carbocycles. The zero-order chi connectivity index (χ0) is 17.1. The fourth-order valence-corrected chi connectivity index (χ4v) is 2.97. The number of rotatable bonds is 5. The van der Waals surface area contributed by atoms with E-state index in [4.69, 9.17) is 16.3 Å². The minimum Gasteiger partial charge on any atom is -0.462 e. The third-order valence-corrected chi connectivity index (χ3v) is 4.29.